The molecule has 2 aliphatic rings. The summed E-state index contributed by atoms with van der Waals surface area (Å²) in [6, 6.07) is 18.8. The van der Waals surface area contributed by atoms with Crippen LogP contribution in [0.4, 0.5) is 0 Å². The summed E-state index contributed by atoms with van der Waals surface area (Å²) in [7, 11) is 5.61. The standard InChI is InChI=1S/C27H34N2O2/c1-29(24-16-20-8-4-5-9-21(20)17-24)23-10-6-14-27(19-28,15-7-11-23)22-12-13-25(30-2)26(18-22)31-3/h4-5,8-9,12-13,18,23-24H,6-7,10-11,14-17H2,1-3H3. The molecule has 2 aliphatic carbocycles. The van der Waals surface area contributed by atoms with Crippen molar-refractivity contribution >= 4 is 0 Å². The second-order valence-corrected chi connectivity index (χ2v) is 9.20. The van der Waals surface area contributed by atoms with Gasteiger partial charge in [-0.05, 0) is 87.2 Å². The monoisotopic (exact) mass is 418 g/mol. The quantitative estimate of drug-likeness (QED) is 0.662. The van der Waals surface area contributed by atoms with Crippen LogP contribution in [0, 0.1) is 11.3 Å². The predicted molar refractivity (Wildman–Crippen MR) is 124 cm³/mol. The smallest absolute Gasteiger partial charge is 0.161 e. The van der Waals surface area contributed by atoms with Gasteiger partial charge < -0.3 is 9.47 Å². The maximum atomic E-state index is 10.2. The molecule has 0 spiro atoms. The van der Waals surface area contributed by atoms with Crippen LogP contribution in [0.1, 0.15) is 55.2 Å². The lowest BCUT2D eigenvalue weighted by atomic mass is 9.71. The third-order valence-electron chi connectivity index (χ3n) is 7.61. The molecule has 0 unspecified atom stereocenters. The first-order valence-electron chi connectivity index (χ1n) is 11.5. The summed E-state index contributed by atoms with van der Waals surface area (Å²) in [6.07, 6.45) is 8.56. The zero-order valence-electron chi connectivity index (χ0n) is 19.1. The Morgan fingerprint density at radius 2 is 1.52 bits per heavy atom. The zero-order valence-corrected chi connectivity index (χ0v) is 19.1. The molecule has 2 aromatic carbocycles. The predicted octanol–water partition coefficient (Wildman–Crippen LogP) is 5.29. The van der Waals surface area contributed by atoms with Gasteiger partial charge in [-0.2, -0.15) is 5.26 Å². The van der Waals surface area contributed by atoms with Gasteiger partial charge >= 0.3 is 0 Å². The van der Waals surface area contributed by atoms with Gasteiger partial charge in [0, 0.05) is 12.1 Å². The van der Waals surface area contributed by atoms with Crippen LogP contribution in [0.15, 0.2) is 42.5 Å². The molecule has 4 nitrogen and oxygen atoms in total. The largest absolute Gasteiger partial charge is 0.493 e. The number of hydrogen-bond acceptors (Lipinski definition) is 4. The SMILES string of the molecule is COc1ccc(C2(C#N)CCCC(N(C)C3Cc4ccccc4C3)CCC2)cc1OC. The molecule has 0 aliphatic heterocycles. The van der Waals surface area contributed by atoms with Crippen LogP contribution in [-0.2, 0) is 18.3 Å². The van der Waals surface area contributed by atoms with Gasteiger partial charge in [-0.25, -0.2) is 0 Å². The number of benzene rings is 2. The molecule has 4 heteroatoms. The summed E-state index contributed by atoms with van der Waals surface area (Å²) in [4.78, 5) is 2.63. The van der Waals surface area contributed by atoms with E-state index in [-0.39, 0.29) is 0 Å². The molecule has 164 valence electrons. The van der Waals surface area contributed by atoms with E-state index in [0.717, 1.165) is 56.9 Å². The zero-order chi connectivity index (χ0) is 21.8. The second kappa shape index (κ2) is 9.32. The fourth-order valence-corrected chi connectivity index (χ4v) is 5.68. The molecular weight excluding hydrogens is 384 g/mol. The number of rotatable bonds is 5. The minimum atomic E-state index is -0.438. The van der Waals surface area contributed by atoms with Crippen LogP contribution < -0.4 is 9.47 Å². The number of likely N-dealkylation sites (N-methyl/N-ethyl adjacent to an activating group) is 1. The summed E-state index contributed by atoms with van der Waals surface area (Å²) in [6.45, 7) is 0. The number of hydrogen-bond donors (Lipinski definition) is 0. The highest BCUT2D eigenvalue weighted by Gasteiger charge is 2.36. The van der Waals surface area contributed by atoms with Gasteiger partial charge in [0.25, 0.3) is 0 Å². The van der Waals surface area contributed by atoms with E-state index >= 15 is 0 Å². The van der Waals surface area contributed by atoms with Gasteiger partial charge in [0.05, 0.1) is 25.7 Å². The maximum absolute atomic E-state index is 10.2. The normalized spacial score (nSPS) is 24.2. The number of ether oxygens (including phenoxy) is 2. The van der Waals surface area contributed by atoms with Gasteiger partial charge in [-0.15, -0.1) is 0 Å². The van der Waals surface area contributed by atoms with Crippen LogP contribution in [0.5, 0.6) is 11.5 Å². The van der Waals surface area contributed by atoms with Crippen molar-refractivity contribution in [2.45, 2.75) is 68.9 Å². The minimum Gasteiger partial charge on any atom is -0.493 e. The average Bonchev–Trinajstić information content (AvgIpc) is 3.23. The van der Waals surface area contributed by atoms with Gasteiger partial charge in [0.2, 0.25) is 0 Å². The number of methoxy groups -OCH3 is 2. The molecule has 0 N–H and O–H groups in total. The van der Waals surface area contributed by atoms with Crippen LogP contribution in [0.25, 0.3) is 0 Å². The minimum absolute atomic E-state index is 0.438. The van der Waals surface area contributed by atoms with Crippen molar-refractivity contribution in [3.8, 4) is 17.6 Å². The van der Waals surface area contributed by atoms with Crippen molar-refractivity contribution in [3.05, 3.63) is 59.2 Å². The lowest BCUT2D eigenvalue weighted by Crippen LogP contribution is -2.42. The summed E-state index contributed by atoms with van der Waals surface area (Å²) in [5, 5.41) is 10.2. The highest BCUT2D eigenvalue weighted by molar-refractivity contribution is 5.47. The van der Waals surface area contributed by atoms with Crippen molar-refractivity contribution in [2.24, 2.45) is 0 Å². The molecule has 0 radical (unpaired) electrons. The Morgan fingerprint density at radius 3 is 2.06 bits per heavy atom. The molecule has 1 saturated carbocycles. The van der Waals surface area contributed by atoms with Crippen LogP contribution in [0.3, 0.4) is 0 Å². The molecule has 0 aromatic heterocycles. The molecule has 0 heterocycles. The fourth-order valence-electron chi connectivity index (χ4n) is 5.68. The third-order valence-corrected chi connectivity index (χ3v) is 7.61. The van der Waals surface area contributed by atoms with E-state index in [2.05, 4.69) is 42.3 Å². The topological polar surface area (TPSA) is 45.5 Å². The van der Waals surface area contributed by atoms with E-state index in [1.165, 1.54) is 11.1 Å². The van der Waals surface area contributed by atoms with E-state index in [0.29, 0.717) is 23.6 Å². The van der Waals surface area contributed by atoms with Crippen LogP contribution >= 0.6 is 0 Å². The highest BCUT2D eigenvalue weighted by atomic mass is 16.5. The Morgan fingerprint density at radius 1 is 0.903 bits per heavy atom. The molecule has 0 saturated heterocycles. The summed E-state index contributed by atoms with van der Waals surface area (Å²) in [5.41, 5.74) is 3.65. The molecular formula is C27H34N2O2. The number of nitrogens with zero attached hydrogens (tertiary/aromatic N) is 2. The van der Waals surface area contributed by atoms with Crippen molar-refractivity contribution < 1.29 is 9.47 Å². The lowest BCUT2D eigenvalue weighted by Gasteiger charge is -2.37. The Labute approximate surface area is 186 Å². The number of fused-ring (bicyclic) bond motifs is 1. The first-order chi connectivity index (χ1) is 15.1. The van der Waals surface area contributed by atoms with Crippen molar-refractivity contribution in [1.82, 2.24) is 4.90 Å². The Kier molecular flexibility index (Phi) is 6.53. The van der Waals surface area contributed by atoms with Gasteiger partial charge in [-0.1, -0.05) is 30.3 Å². The second-order valence-electron chi connectivity index (χ2n) is 9.20. The van der Waals surface area contributed by atoms with E-state index in [4.69, 9.17) is 9.47 Å². The van der Waals surface area contributed by atoms with Gasteiger partial charge in [0.15, 0.2) is 11.5 Å². The van der Waals surface area contributed by atoms with Gasteiger partial charge in [0.1, 0.15) is 0 Å². The Balaban J connectivity index is 1.44. The Bertz CT molecular complexity index is 913. The third kappa shape index (κ3) is 4.29. The summed E-state index contributed by atoms with van der Waals surface area (Å²) < 4.78 is 10.9. The summed E-state index contributed by atoms with van der Waals surface area (Å²) in [5.74, 6) is 1.42. The first kappa shape index (κ1) is 21.7. The van der Waals surface area contributed by atoms with E-state index < -0.39 is 5.41 Å². The molecule has 0 amide bonds. The van der Waals surface area contributed by atoms with E-state index in [1.807, 2.05) is 18.2 Å². The fraction of sp³-hybridized carbons (Fsp3) is 0.519. The molecule has 1 fully saturated rings. The first-order valence-corrected chi connectivity index (χ1v) is 11.5. The lowest BCUT2D eigenvalue weighted by molar-refractivity contribution is 0.144. The van der Waals surface area contributed by atoms with Gasteiger partial charge in [-0.3, -0.25) is 4.90 Å². The van der Waals surface area contributed by atoms with Crippen LogP contribution in [0.2, 0.25) is 0 Å². The molecule has 4 rings (SSSR count). The van der Waals surface area contributed by atoms with Crippen LogP contribution in [-0.4, -0.2) is 38.3 Å². The highest BCUT2D eigenvalue weighted by Crippen LogP contribution is 2.41. The molecule has 31 heavy (non-hydrogen) atoms. The molecule has 0 atom stereocenters. The van der Waals surface area contributed by atoms with E-state index in [9.17, 15) is 5.26 Å². The number of nitriles is 1. The Hall–Kier alpha value is -2.51. The van der Waals surface area contributed by atoms with Crippen molar-refractivity contribution in [3.63, 3.8) is 0 Å². The summed E-state index contributed by atoms with van der Waals surface area (Å²) >= 11 is 0. The molecule has 2 aromatic rings. The van der Waals surface area contributed by atoms with Crippen molar-refractivity contribution in [1.29, 1.82) is 5.26 Å². The average molecular weight is 419 g/mol. The molecule has 0 bridgehead atoms. The van der Waals surface area contributed by atoms with Crippen molar-refractivity contribution in [2.75, 3.05) is 21.3 Å². The maximum Gasteiger partial charge on any atom is 0.161 e. The van der Waals surface area contributed by atoms with E-state index in [1.54, 1.807) is 14.2 Å².